The highest BCUT2D eigenvalue weighted by atomic mass is 32.1. The molecule has 1 saturated carbocycles. The molecule has 1 aliphatic rings. The predicted octanol–water partition coefficient (Wildman–Crippen LogP) is 5.11. The first-order valence-corrected chi connectivity index (χ1v) is 8.06. The first-order valence-electron chi connectivity index (χ1n) is 6.83. The van der Waals surface area contributed by atoms with Crippen LogP contribution in [0.15, 0.2) is 29.3 Å². The number of hydrogen-bond acceptors (Lipinski definition) is 3. The Kier molecular flexibility index (Phi) is 4.44. The van der Waals surface area contributed by atoms with Gasteiger partial charge in [-0.05, 0) is 55.6 Å². The molecule has 1 aromatic heterocycles. The monoisotopic (exact) mass is 331 g/mol. The highest BCUT2D eigenvalue weighted by molar-refractivity contribution is 7.78. The molecule has 0 radical (unpaired) electrons. The van der Waals surface area contributed by atoms with E-state index in [2.05, 4.69) is 35.1 Å². The maximum absolute atomic E-state index is 13.9. The summed E-state index contributed by atoms with van der Waals surface area (Å²) in [6, 6.07) is 5.99. The molecule has 110 valence electrons. The summed E-state index contributed by atoms with van der Waals surface area (Å²) in [5, 5.41) is 2.02. The fraction of sp³-hybridized carbons (Fsp3) is 0.235. The fourth-order valence-corrected chi connectivity index (χ4v) is 3.13. The van der Waals surface area contributed by atoms with Gasteiger partial charge in [0.15, 0.2) is 5.82 Å². The van der Waals surface area contributed by atoms with Crippen molar-refractivity contribution in [2.45, 2.75) is 19.3 Å². The van der Waals surface area contributed by atoms with Crippen LogP contribution in [0.5, 0.6) is 0 Å². The van der Waals surface area contributed by atoms with Crippen LogP contribution in [0, 0.1) is 29.4 Å². The molecule has 1 fully saturated rings. The lowest BCUT2D eigenvalue weighted by molar-refractivity contribution is 0.599. The Bertz CT molecular complexity index is 819. The highest BCUT2D eigenvalue weighted by Gasteiger charge is 2.21. The van der Waals surface area contributed by atoms with Crippen LogP contribution in [-0.4, -0.2) is 5.16 Å². The Labute approximate surface area is 136 Å². The number of thiocarbonyl (C=S) groups is 1. The van der Waals surface area contributed by atoms with Crippen LogP contribution in [0.3, 0.4) is 0 Å². The van der Waals surface area contributed by atoms with Gasteiger partial charge in [0.05, 0.1) is 15.6 Å². The van der Waals surface area contributed by atoms with Crippen LogP contribution in [-0.2, 0) is 6.42 Å². The standard InChI is InChI=1S/C17H11F2NS2/c18-15-9-17(20-10-21)16(19)8-12(15)3-4-13-5-6-14(22-13)7-11-1-2-11/h5-6,8-9,11H,1-2,7H2. The minimum absolute atomic E-state index is 0.0120. The number of halogens is 2. The largest absolute Gasteiger partial charge is 0.206 e. The average molecular weight is 331 g/mol. The maximum Gasteiger partial charge on any atom is 0.151 e. The molecule has 22 heavy (non-hydrogen) atoms. The second kappa shape index (κ2) is 6.50. The Morgan fingerprint density at radius 2 is 2.00 bits per heavy atom. The molecule has 0 N–H and O–H groups in total. The van der Waals surface area contributed by atoms with Gasteiger partial charge in [-0.2, -0.15) is 4.99 Å². The third kappa shape index (κ3) is 3.66. The Balaban J connectivity index is 1.82. The lowest BCUT2D eigenvalue weighted by Gasteiger charge is -1.98. The third-order valence-corrected chi connectivity index (χ3v) is 4.49. The maximum atomic E-state index is 13.9. The zero-order valence-corrected chi connectivity index (χ0v) is 13.2. The number of nitrogens with zero attached hydrogens (tertiary/aromatic N) is 1. The van der Waals surface area contributed by atoms with E-state index in [-0.39, 0.29) is 11.3 Å². The molecule has 0 unspecified atom stereocenters. The summed E-state index contributed by atoms with van der Waals surface area (Å²) in [5.41, 5.74) is -0.154. The summed E-state index contributed by atoms with van der Waals surface area (Å²) in [4.78, 5) is 5.62. The number of hydrogen-bond donors (Lipinski definition) is 0. The van der Waals surface area contributed by atoms with E-state index in [0.717, 1.165) is 29.3 Å². The van der Waals surface area contributed by atoms with Crippen molar-refractivity contribution < 1.29 is 8.78 Å². The molecular formula is C17H11F2NS2. The number of thiophene rings is 1. The summed E-state index contributed by atoms with van der Waals surface area (Å²) >= 11 is 6.00. The number of benzene rings is 1. The van der Waals surface area contributed by atoms with E-state index in [1.165, 1.54) is 17.7 Å². The van der Waals surface area contributed by atoms with Crippen molar-refractivity contribution in [2.24, 2.45) is 10.9 Å². The molecule has 3 rings (SSSR count). The van der Waals surface area contributed by atoms with Gasteiger partial charge in [-0.25, -0.2) is 8.78 Å². The van der Waals surface area contributed by atoms with Gasteiger partial charge < -0.3 is 0 Å². The van der Waals surface area contributed by atoms with Crippen LogP contribution in [0.4, 0.5) is 14.5 Å². The van der Waals surface area contributed by atoms with E-state index in [4.69, 9.17) is 0 Å². The molecule has 0 bridgehead atoms. The molecule has 2 aromatic rings. The summed E-state index contributed by atoms with van der Waals surface area (Å²) in [6.07, 6.45) is 3.71. The zero-order chi connectivity index (χ0) is 15.5. The van der Waals surface area contributed by atoms with E-state index in [0.29, 0.717) is 0 Å². The van der Waals surface area contributed by atoms with E-state index in [1.807, 2.05) is 11.2 Å². The molecule has 0 aliphatic heterocycles. The zero-order valence-electron chi connectivity index (χ0n) is 11.5. The van der Waals surface area contributed by atoms with Crippen molar-refractivity contribution in [2.75, 3.05) is 0 Å². The van der Waals surface area contributed by atoms with Crippen molar-refractivity contribution in [3.63, 3.8) is 0 Å². The van der Waals surface area contributed by atoms with Crippen LogP contribution >= 0.6 is 23.6 Å². The summed E-state index contributed by atoms with van der Waals surface area (Å²) in [5.74, 6) is 5.11. The summed E-state index contributed by atoms with van der Waals surface area (Å²) in [6.45, 7) is 0. The quantitative estimate of drug-likeness (QED) is 0.432. The fourth-order valence-electron chi connectivity index (χ4n) is 2.06. The second-order valence-corrected chi connectivity index (χ2v) is 6.50. The molecule has 5 heteroatoms. The predicted molar refractivity (Wildman–Crippen MR) is 87.8 cm³/mol. The van der Waals surface area contributed by atoms with E-state index in [9.17, 15) is 8.78 Å². The molecule has 1 nitrogen and oxygen atoms in total. The lowest BCUT2D eigenvalue weighted by Crippen LogP contribution is -1.87. The molecule has 0 spiro atoms. The molecular weight excluding hydrogens is 320 g/mol. The number of rotatable bonds is 3. The van der Waals surface area contributed by atoms with Gasteiger partial charge in [-0.3, -0.25) is 0 Å². The first-order chi connectivity index (χ1) is 10.7. The number of isothiocyanates is 1. The van der Waals surface area contributed by atoms with Gasteiger partial charge in [0.25, 0.3) is 0 Å². The van der Waals surface area contributed by atoms with Crippen LogP contribution in [0.1, 0.15) is 28.2 Å². The molecule has 1 aliphatic carbocycles. The Morgan fingerprint density at radius 3 is 2.73 bits per heavy atom. The number of aliphatic imine (C=N–C) groups is 1. The summed E-state index contributed by atoms with van der Waals surface area (Å²) < 4.78 is 27.5. The van der Waals surface area contributed by atoms with Gasteiger partial charge in [-0.15, -0.1) is 11.3 Å². The minimum Gasteiger partial charge on any atom is -0.206 e. The molecule has 1 heterocycles. The van der Waals surface area contributed by atoms with Crippen molar-refractivity contribution >= 4 is 34.4 Å². The van der Waals surface area contributed by atoms with Crippen LogP contribution in [0.2, 0.25) is 0 Å². The van der Waals surface area contributed by atoms with Crippen molar-refractivity contribution in [1.29, 1.82) is 0 Å². The molecule has 0 atom stereocenters. The normalized spacial score (nSPS) is 13.2. The van der Waals surface area contributed by atoms with Gasteiger partial charge in [-0.1, -0.05) is 11.8 Å². The third-order valence-electron chi connectivity index (χ3n) is 3.37. The smallest absolute Gasteiger partial charge is 0.151 e. The molecule has 0 amide bonds. The SMILES string of the molecule is Fc1cc(N=C=S)c(F)cc1C#Cc1ccc(CC2CC2)s1. The van der Waals surface area contributed by atoms with Crippen LogP contribution in [0.25, 0.3) is 0 Å². The Hall–Kier alpha value is -1.86. The van der Waals surface area contributed by atoms with E-state index >= 15 is 0 Å². The average Bonchev–Trinajstić information content (AvgIpc) is 3.19. The van der Waals surface area contributed by atoms with Gasteiger partial charge in [0.2, 0.25) is 0 Å². The van der Waals surface area contributed by atoms with Crippen molar-refractivity contribution in [3.8, 4) is 11.8 Å². The van der Waals surface area contributed by atoms with Crippen LogP contribution < -0.4 is 0 Å². The van der Waals surface area contributed by atoms with Crippen molar-refractivity contribution in [3.05, 3.63) is 51.2 Å². The second-order valence-electron chi connectivity index (χ2n) is 5.15. The van der Waals surface area contributed by atoms with Gasteiger partial charge in [0.1, 0.15) is 11.5 Å². The Morgan fingerprint density at radius 1 is 1.18 bits per heavy atom. The highest BCUT2D eigenvalue weighted by Crippen LogP contribution is 2.34. The van der Waals surface area contributed by atoms with Gasteiger partial charge in [0, 0.05) is 10.9 Å². The first kappa shape index (κ1) is 15.1. The molecule has 0 saturated heterocycles. The minimum atomic E-state index is -0.663. The van der Waals surface area contributed by atoms with E-state index in [1.54, 1.807) is 11.3 Å². The topological polar surface area (TPSA) is 12.4 Å². The van der Waals surface area contributed by atoms with E-state index < -0.39 is 11.6 Å². The summed E-state index contributed by atoms with van der Waals surface area (Å²) in [7, 11) is 0. The lowest BCUT2D eigenvalue weighted by atomic mass is 10.2. The van der Waals surface area contributed by atoms with Gasteiger partial charge >= 0.3 is 0 Å². The van der Waals surface area contributed by atoms with Crippen molar-refractivity contribution in [1.82, 2.24) is 0 Å². The molecule has 1 aromatic carbocycles.